The fraction of sp³-hybridized carbons (Fsp3) is 0. The summed E-state index contributed by atoms with van der Waals surface area (Å²) in [6, 6.07) is 85.2. The molecule has 0 spiro atoms. The number of fused-ring (bicyclic) bond motifs is 7. The summed E-state index contributed by atoms with van der Waals surface area (Å²) in [4.78, 5) is 15.7. The number of para-hydroxylation sites is 2. The summed E-state index contributed by atoms with van der Waals surface area (Å²) in [7, 11) is 0. The minimum atomic E-state index is 0.579. The third kappa shape index (κ3) is 6.84. The zero-order valence-electron chi connectivity index (χ0n) is 36.8. The van der Waals surface area contributed by atoms with Crippen LogP contribution in [-0.4, -0.2) is 19.5 Å². The van der Waals surface area contributed by atoms with Gasteiger partial charge in [-0.15, -0.1) is 0 Å². The fourth-order valence-electron chi connectivity index (χ4n) is 9.77. The van der Waals surface area contributed by atoms with E-state index in [1.807, 2.05) is 36.4 Å². The van der Waals surface area contributed by atoms with E-state index in [0.29, 0.717) is 17.5 Å². The molecule has 13 aromatic rings. The van der Waals surface area contributed by atoms with Gasteiger partial charge in [0.25, 0.3) is 0 Å². The lowest BCUT2D eigenvalue weighted by atomic mass is 9.90. The Morgan fingerprint density at radius 3 is 1.40 bits per heavy atom. The molecular formula is C63H40N4O. The van der Waals surface area contributed by atoms with Gasteiger partial charge in [-0.05, 0) is 105 Å². The van der Waals surface area contributed by atoms with Gasteiger partial charge in [0.15, 0.2) is 23.1 Å². The quantitative estimate of drug-likeness (QED) is 0.153. The minimum Gasteiger partial charge on any atom is -0.454 e. The van der Waals surface area contributed by atoms with Crippen LogP contribution in [0.5, 0.6) is 0 Å². The predicted octanol–water partition coefficient (Wildman–Crippen LogP) is 16.5. The standard InChI is InChI=1S/C63H40N4O/c1-6-18-41(19-7-1)47-36-48(42-20-8-2-9-21-42)38-49(37-47)45-30-32-51(56(39-45)63-65-61(43-22-10-3-11-23-43)64-62(66-63)44-24-12-4-13-25-44)46-31-33-53-55-35-34-54-52-28-16-17-29-57(52)67(50-26-14-5-15-27-50)59(54)60(55)68-58(53)40-46/h1-40H. The largest absolute Gasteiger partial charge is 0.454 e. The molecule has 5 heteroatoms. The number of hydrogen-bond acceptors (Lipinski definition) is 4. The van der Waals surface area contributed by atoms with Gasteiger partial charge in [0, 0.05) is 43.9 Å². The van der Waals surface area contributed by atoms with Crippen molar-refractivity contribution in [3.05, 3.63) is 243 Å². The average Bonchev–Trinajstić information content (AvgIpc) is 3.97. The van der Waals surface area contributed by atoms with Crippen molar-refractivity contribution in [2.24, 2.45) is 0 Å². The van der Waals surface area contributed by atoms with Crippen LogP contribution in [0.25, 0.3) is 128 Å². The lowest BCUT2D eigenvalue weighted by molar-refractivity contribution is 0.671. The molecular weight excluding hydrogens is 829 g/mol. The SMILES string of the molecule is c1ccc(-c2cc(-c3ccccc3)cc(-c3ccc(-c4ccc5c(c4)oc4c5ccc5c6ccccc6n(-c6ccccc6)c54)c(-c4nc(-c5ccccc5)nc(-c5ccccc5)n4)c3)c2)cc1. The van der Waals surface area contributed by atoms with Crippen molar-refractivity contribution in [1.29, 1.82) is 0 Å². The molecule has 0 aliphatic heterocycles. The first kappa shape index (κ1) is 39.2. The van der Waals surface area contributed by atoms with Crippen molar-refractivity contribution in [2.75, 3.05) is 0 Å². The second-order valence-corrected chi connectivity index (χ2v) is 17.2. The molecule has 0 aliphatic rings. The molecule has 0 saturated heterocycles. The second-order valence-electron chi connectivity index (χ2n) is 17.2. The maximum atomic E-state index is 7.06. The van der Waals surface area contributed by atoms with E-state index in [2.05, 4.69) is 211 Å². The first-order chi connectivity index (χ1) is 33.7. The average molecular weight is 869 g/mol. The van der Waals surface area contributed by atoms with Gasteiger partial charge in [-0.3, -0.25) is 0 Å². The van der Waals surface area contributed by atoms with Crippen LogP contribution >= 0.6 is 0 Å². The van der Waals surface area contributed by atoms with Crippen LogP contribution in [0, 0.1) is 0 Å². The Morgan fingerprint density at radius 1 is 0.294 bits per heavy atom. The highest BCUT2D eigenvalue weighted by Crippen LogP contribution is 2.43. The highest BCUT2D eigenvalue weighted by Gasteiger charge is 2.22. The molecule has 0 N–H and O–H groups in total. The zero-order chi connectivity index (χ0) is 45.0. The minimum absolute atomic E-state index is 0.579. The van der Waals surface area contributed by atoms with Crippen molar-refractivity contribution in [3.8, 4) is 84.4 Å². The van der Waals surface area contributed by atoms with Crippen molar-refractivity contribution >= 4 is 43.7 Å². The van der Waals surface area contributed by atoms with Crippen molar-refractivity contribution in [3.63, 3.8) is 0 Å². The molecule has 0 amide bonds. The highest BCUT2D eigenvalue weighted by molar-refractivity contribution is 6.21. The second kappa shape index (κ2) is 16.4. The molecule has 10 aromatic carbocycles. The maximum absolute atomic E-state index is 7.06. The lowest BCUT2D eigenvalue weighted by Crippen LogP contribution is -2.01. The summed E-state index contributed by atoms with van der Waals surface area (Å²) < 4.78 is 9.39. The van der Waals surface area contributed by atoms with Gasteiger partial charge in [-0.1, -0.05) is 182 Å². The van der Waals surface area contributed by atoms with Gasteiger partial charge in [0.1, 0.15) is 5.58 Å². The summed E-state index contributed by atoms with van der Waals surface area (Å²) in [5, 5.41) is 4.46. The third-order valence-corrected chi connectivity index (χ3v) is 13.0. The third-order valence-electron chi connectivity index (χ3n) is 13.0. The van der Waals surface area contributed by atoms with Gasteiger partial charge in [-0.2, -0.15) is 0 Å². The molecule has 0 saturated carbocycles. The number of nitrogens with zero attached hydrogens (tertiary/aromatic N) is 4. The van der Waals surface area contributed by atoms with Gasteiger partial charge in [0.05, 0.1) is 11.0 Å². The van der Waals surface area contributed by atoms with E-state index in [4.69, 9.17) is 19.4 Å². The Kier molecular flexibility index (Phi) is 9.43. The van der Waals surface area contributed by atoms with Crippen LogP contribution in [0.4, 0.5) is 0 Å². The Labute approximate surface area is 392 Å². The van der Waals surface area contributed by atoms with Crippen molar-refractivity contribution < 1.29 is 4.42 Å². The predicted molar refractivity (Wildman–Crippen MR) is 279 cm³/mol. The first-order valence-electron chi connectivity index (χ1n) is 22.9. The molecule has 0 radical (unpaired) electrons. The lowest BCUT2D eigenvalue weighted by Gasteiger charge is -2.16. The van der Waals surface area contributed by atoms with E-state index in [1.54, 1.807) is 0 Å². The van der Waals surface area contributed by atoms with Gasteiger partial charge in [0.2, 0.25) is 0 Å². The number of aromatic nitrogens is 4. The van der Waals surface area contributed by atoms with E-state index in [1.165, 1.54) is 5.39 Å². The van der Waals surface area contributed by atoms with Crippen LogP contribution in [-0.2, 0) is 0 Å². The van der Waals surface area contributed by atoms with Crippen LogP contribution in [0.15, 0.2) is 247 Å². The molecule has 68 heavy (non-hydrogen) atoms. The summed E-state index contributed by atoms with van der Waals surface area (Å²) in [6.45, 7) is 0. The summed E-state index contributed by atoms with van der Waals surface area (Å²) in [5.74, 6) is 1.79. The molecule has 5 nitrogen and oxygen atoms in total. The number of benzene rings is 10. The maximum Gasteiger partial charge on any atom is 0.164 e. The molecule has 0 unspecified atom stereocenters. The summed E-state index contributed by atoms with van der Waals surface area (Å²) in [6.07, 6.45) is 0. The van der Waals surface area contributed by atoms with E-state index in [0.717, 1.165) is 105 Å². The summed E-state index contributed by atoms with van der Waals surface area (Å²) >= 11 is 0. The molecule has 0 atom stereocenters. The van der Waals surface area contributed by atoms with Crippen LogP contribution in [0.2, 0.25) is 0 Å². The number of furan rings is 1. The van der Waals surface area contributed by atoms with Gasteiger partial charge >= 0.3 is 0 Å². The van der Waals surface area contributed by atoms with Gasteiger partial charge in [-0.25, -0.2) is 15.0 Å². The molecule has 3 aromatic heterocycles. The van der Waals surface area contributed by atoms with Crippen molar-refractivity contribution in [2.45, 2.75) is 0 Å². The number of rotatable bonds is 8. The summed E-state index contributed by atoms with van der Waals surface area (Å²) in [5.41, 5.74) is 16.3. The van der Waals surface area contributed by atoms with E-state index < -0.39 is 0 Å². The van der Waals surface area contributed by atoms with Crippen LogP contribution < -0.4 is 0 Å². The van der Waals surface area contributed by atoms with Crippen LogP contribution in [0.3, 0.4) is 0 Å². The molecule has 0 bridgehead atoms. The molecule has 13 rings (SSSR count). The first-order valence-corrected chi connectivity index (χ1v) is 22.9. The van der Waals surface area contributed by atoms with Crippen molar-refractivity contribution in [1.82, 2.24) is 19.5 Å². The Morgan fingerprint density at radius 2 is 0.779 bits per heavy atom. The number of hydrogen-bond donors (Lipinski definition) is 0. The fourth-order valence-corrected chi connectivity index (χ4v) is 9.77. The van der Waals surface area contributed by atoms with E-state index >= 15 is 0 Å². The van der Waals surface area contributed by atoms with E-state index in [-0.39, 0.29) is 0 Å². The molecule has 3 heterocycles. The normalized spacial score (nSPS) is 11.5. The molecule has 0 aliphatic carbocycles. The Balaban J connectivity index is 1.05. The highest BCUT2D eigenvalue weighted by atomic mass is 16.3. The monoisotopic (exact) mass is 868 g/mol. The van der Waals surface area contributed by atoms with E-state index in [9.17, 15) is 0 Å². The van der Waals surface area contributed by atoms with Crippen LogP contribution in [0.1, 0.15) is 0 Å². The smallest absolute Gasteiger partial charge is 0.164 e. The zero-order valence-corrected chi connectivity index (χ0v) is 36.8. The Hall–Kier alpha value is -9.19. The van der Waals surface area contributed by atoms with Gasteiger partial charge < -0.3 is 8.98 Å². The molecule has 0 fully saturated rings. The Bertz CT molecular complexity index is 3880. The topological polar surface area (TPSA) is 56.7 Å². The molecule has 318 valence electrons.